The molecule has 31 heavy (non-hydrogen) atoms. The average molecular weight is 439 g/mol. The minimum atomic E-state index is -3.40. The van der Waals surface area contributed by atoms with Gasteiger partial charge in [-0.05, 0) is 36.4 Å². The van der Waals surface area contributed by atoms with Crippen LogP contribution < -0.4 is 10.9 Å². The van der Waals surface area contributed by atoms with E-state index in [9.17, 15) is 22.4 Å². The highest BCUT2D eigenvalue weighted by molar-refractivity contribution is 7.90. The molecule has 0 unspecified atom stereocenters. The molecule has 0 bridgehead atoms. The van der Waals surface area contributed by atoms with E-state index in [-0.39, 0.29) is 22.9 Å². The van der Waals surface area contributed by atoms with Crippen LogP contribution in [0, 0.1) is 5.82 Å². The summed E-state index contributed by atoms with van der Waals surface area (Å²) in [7, 11) is -3.40. The number of nitrogens with one attached hydrogen (secondary N) is 1. The molecule has 0 radical (unpaired) electrons. The highest BCUT2D eigenvalue weighted by Gasteiger charge is 2.33. The van der Waals surface area contributed by atoms with Gasteiger partial charge in [0.2, 0.25) is 0 Å². The second-order valence-corrected chi connectivity index (χ2v) is 9.20. The van der Waals surface area contributed by atoms with E-state index in [1.54, 1.807) is 24.3 Å². The van der Waals surface area contributed by atoms with Crippen LogP contribution in [0.5, 0.6) is 0 Å². The van der Waals surface area contributed by atoms with Gasteiger partial charge in [0.25, 0.3) is 5.91 Å². The Hall–Kier alpha value is -3.79. The van der Waals surface area contributed by atoms with Crippen molar-refractivity contribution in [3.8, 4) is 5.69 Å². The van der Waals surface area contributed by atoms with Gasteiger partial charge >= 0.3 is 5.63 Å². The zero-order valence-corrected chi connectivity index (χ0v) is 16.6. The molecule has 1 N–H and O–H groups in total. The lowest BCUT2D eigenvalue weighted by Crippen LogP contribution is -2.23. The predicted molar refractivity (Wildman–Crippen MR) is 110 cm³/mol. The zero-order chi connectivity index (χ0) is 21.8. The molecule has 2 aromatic carbocycles. The normalized spacial score (nSPS) is 14.5. The summed E-state index contributed by atoms with van der Waals surface area (Å²) in [6, 6.07) is 13.5. The van der Waals surface area contributed by atoms with E-state index in [1.165, 1.54) is 35.0 Å². The molecule has 0 saturated heterocycles. The minimum Gasteiger partial charge on any atom is -0.422 e. The number of hydrogen-bond acceptors (Lipinski definition) is 6. The lowest BCUT2D eigenvalue weighted by molar-refractivity contribution is 0.102. The van der Waals surface area contributed by atoms with E-state index < -0.39 is 27.2 Å². The van der Waals surface area contributed by atoms with Gasteiger partial charge in [-0.3, -0.25) is 4.79 Å². The molecule has 10 heteroatoms. The Kier molecular flexibility index (Phi) is 4.26. The molecule has 4 aromatic rings. The topological polar surface area (TPSA) is 111 Å². The number of fused-ring (bicyclic) bond motifs is 2. The number of aromatic nitrogens is 2. The van der Waals surface area contributed by atoms with Gasteiger partial charge in [-0.2, -0.15) is 5.10 Å². The highest BCUT2D eigenvalue weighted by Crippen LogP contribution is 2.33. The lowest BCUT2D eigenvalue weighted by atomic mass is 10.1. The maximum Gasteiger partial charge on any atom is 0.349 e. The molecule has 156 valence electrons. The quantitative estimate of drug-likeness (QED) is 0.492. The van der Waals surface area contributed by atoms with E-state index in [4.69, 9.17) is 4.42 Å². The number of hydrogen-bond donors (Lipinski definition) is 1. The molecule has 2 aromatic heterocycles. The van der Waals surface area contributed by atoms with Gasteiger partial charge in [-0.25, -0.2) is 22.3 Å². The van der Waals surface area contributed by atoms with Gasteiger partial charge in [-0.1, -0.05) is 18.2 Å². The zero-order valence-electron chi connectivity index (χ0n) is 15.8. The Labute approximate surface area is 174 Å². The predicted octanol–water partition coefficient (Wildman–Crippen LogP) is 2.80. The number of anilines is 1. The van der Waals surface area contributed by atoms with Crippen LogP contribution in [-0.4, -0.2) is 24.1 Å². The van der Waals surface area contributed by atoms with Gasteiger partial charge in [0.15, 0.2) is 9.84 Å². The molecular weight excluding hydrogens is 425 g/mol. The molecule has 0 atom stereocenters. The number of carbonyl (C=O) groups excluding carboxylic acids is 1. The molecule has 1 amide bonds. The van der Waals surface area contributed by atoms with Crippen molar-refractivity contribution in [2.45, 2.75) is 11.5 Å². The Balaban J connectivity index is 1.60. The summed E-state index contributed by atoms with van der Waals surface area (Å²) >= 11 is 0. The van der Waals surface area contributed by atoms with E-state index in [0.29, 0.717) is 27.9 Å². The fraction of sp³-hybridized carbons (Fsp3) is 0.0952. The van der Waals surface area contributed by atoms with Crippen LogP contribution in [0.25, 0.3) is 16.7 Å². The van der Waals surface area contributed by atoms with Crippen molar-refractivity contribution in [1.29, 1.82) is 0 Å². The van der Waals surface area contributed by atoms with E-state index >= 15 is 0 Å². The summed E-state index contributed by atoms with van der Waals surface area (Å²) in [5.74, 6) is -1.68. The van der Waals surface area contributed by atoms with E-state index in [2.05, 4.69) is 10.4 Å². The summed E-state index contributed by atoms with van der Waals surface area (Å²) in [5.41, 5.74) is 0.336. The molecule has 1 aliphatic rings. The monoisotopic (exact) mass is 439 g/mol. The van der Waals surface area contributed by atoms with Gasteiger partial charge in [0, 0.05) is 10.9 Å². The third kappa shape index (κ3) is 3.40. The number of amides is 1. The Morgan fingerprint density at radius 1 is 1.10 bits per heavy atom. The first kappa shape index (κ1) is 19.2. The fourth-order valence-electron chi connectivity index (χ4n) is 3.54. The standard InChI is InChI=1S/C21H14FN3O5S/c22-13-5-7-14(8-6-13)25-19(16-10-31(28,29)11-17(16)24-25)23-20(26)15-9-12-3-1-2-4-18(12)30-21(15)27/h1-9H,10-11H2,(H,23,26). The van der Waals surface area contributed by atoms with Crippen LogP contribution in [0.2, 0.25) is 0 Å². The van der Waals surface area contributed by atoms with Crippen LogP contribution in [0.4, 0.5) is 10.2 Å². The van der Waals surface area contributed by atoms with Crippen molar-refractivity contribution >= 4 is 32.5 Å². The molecule has 0 spiro atoms. The molecule has 3 heterocycles. The Morgan fingerprint density at radius 2 is 1.84 bits per heavy atom. The molecule has 8 nitrogen and oxygen atoms in total. The number of sulfone groups is 1. The maximum atomic E-state index is 13.3. The first-order valence-electron chi connectivity index (χ1n) is 9.22. The van der Waals surface area contributed by atoms with Crippen LogP contribution in [0.15, 0.2) is 63.8 Å². The largest absolute Gasteiger partial charge is 0.422 e. The Bertz CT molecular complexity index is 1520. The summed E-state index contributed by atoms with van der Waals surface area (Å²) in [5, 5.41) is 7.47. The lowest BCUT2D eigenvalue weighted by Gasteiger charge is -2.11. The van der Waals surface area contributed by atoms with Crippen molar-refractivity contribution in [3.05, 3.63) is 87.7 Å². The second-order valence-electron chi connectivity index (χ2n) is 7.13. The summed E-state index contributed by atoms with van der Waals surface area (Å²) in [6.45, 7) is 0. The molecule has 0 fully saturated rings. The molecule has 0 saturated carbocycles. The first-order valence-corrected chi connectivity index (χ1v) is 11.0. The number of para-hydroxylation sites is 1. The number of carbonyl (C=O) groups is 1. The van der Waals surface area contributed by atoms with E-state index in [1.807, 2.05) is 0 Å². The van der Waals surface area contributed by atoms with Crippen LogP contribution in [0.3, 0.4) is 0 Å². The molecular formula is C21H14FN3O5S. The van der Waals surface area contributed by atoms with Crippen molar-refractivity contribution in [1.82, 2.24) is 9.78 Å². The minimum absolute atomic E-state index is 0.111. The summed E-state index contributed by atoms with van der Waals surface area (Å²) in [6.07, 6.45) is 0. The molecule has 1 aliphatic heterocycles. The van der Waals surface area contributed by atoms with Crippen molar-refractivity contribution in [3.63, 3.8) is 0 Å². The van der Waals surface area contributed by atoms with Crippen LogP contribution in [0.1, 0.15) is 21.6 Å². The third-order valence-corrected chi connectivity index (χ3v) is 6.42. The molecule has 0 aliphatic carbocycles. The smallest absolute Gasteiger partial charge is 0.349 e. The maximum absolute atomic E-state index is 13.3. The second kappa shape index (κ2) is 6.88. The average Bonchev–Trinajstić information content (AvgIpc) is 3.20. The first-order chi connectivity index (χ1) is 14.8. The number of nitrogens with zero attached hydrogens (tertiary/aromatic N) is 2. The number of halogens is 1. The summed E-state index contributed by atoms with van der Waals surface area (Å²) in [4.78, 5) is 25.3. The fourth-order valence-corrected chi connectivity index (χ4v) is 5.03. The Morgan fingerprint density at radius 3 is 2.61 bits per heavy atom. The van der Waals surface area contributed by atoms with Crippen molar-refractivity contribution in [2.75, 3.05) is 5.32 Å². The summed E-state index contributed by atoms with van der Waals surface area (Å²) < 4.78 is 44.0. The van der Waals surface area contributed by atoms with Gasteiger partial charge in [0.05, 0.1) is 22.9 Å². The van der Waals surface area contributed by atoms with Gasteiger partial charge < -0.3 is 9.73 Å². The molecule has 5 rings (SSSR count). The van der Waals surface area contributed by atoms with Gasteiger partial charge in [-0.15, -0.1) is 0 Å². The van der Waals surface area contributed by atoms with Crippen molar-refractivity contribution in [2.24, 2.45) is 0 Å². The number of rotatable bonds is 3. The van der Waals surface area contributed by atoms with Crippen LogP contribution >= 0.6 is 0 Å². The van der Waals surface area contributed by atoms with Crippen LogP contribution in [-0.2, 0) is 21.3 Å². The SMILES string of the molecule is O=C(Nc1c2c(nn1-c1ccc(F)cc1)CS(=O)(=O)C2)c1cc2ccccc2oc1=O. The third-order valence-electron chi connectivity index (χ3n) is 4.98. The van der Waals surface area contributed by atoms with Crippen molar-refractivity contribution < 1.29 is 22.0 Å². The highest BCUT2D eigenvalue weighted by atomic mass is 32.2. The number of benzene rings is 2. The van der Waals surface area contributed by atoms with E-state index in [0.717, 1.165) is 0 Å². The van der Waals surface area contributed by atoms with Gasteiger partial charge in [0.1, 0.15) is 22.8 Å².